The molecule has 0 aliphatic heterocycles. The van der Waals surface area contributed by atoms with Gasteiger partial charge in [-0.05, 0) is 94.5 Å². The Kier molecular flexibility index (Phi) is 6.32. The second-order valence-electron chi connectivity index (χ2n) is 9.74. The molecular weight excluding hydrogens is 444 g/mol. The van der Waals surface area contributed by atoms with Gasteiger partial charge in [0.15, 0.2) is 6.10 Å². The maximum atomic E-state index is 12.5. The molecule has 2 aromatic carbocycles. The monoisotopic (exact) mass is 474 g/mol. The zero-order chi connectivity index (χ0) is 24.8. The van der Waals surface area contributed by atoms with Crippen LogP contribution in [0.1, 0.15) is 54.8 Å². The zero-order valence-corrected chi connectivity index (χ0v) is 21.5. The lowest BCUT2D eigenvalue weighted by Crippen LogP contribution is -2.28. The van der Waals surface area contributed by atoms with Gasteiger partial charge in [-0.3, -0.25) is 4.98 Å². The van der Waals surface area contributed by atoms with Gasteiger partial charge in [-0.2, -0.15) is 0 Å². The summed E-state index contributed by atoms with van der Waals surface area (Å²) in [5.41, 5.74) is 10.2. The number of pyridine rings is 1. The first-order valence-electron chi connectivity index (χ1n) is 11.3. The third-order valence-corrected chi connectivity index (χ3v) is 6.84. The number of thiazole rings is 1. The molecule has 0 amide bonds. The van der Waals surface area contributed by atoms with Crippen LogP contribution in [0.4, 0.5) is 0 Å². The van der Waals surface area contributed by atoms with E-state index in [1.807, 2.05) is 58.3 Å². The minimum absolute atomic E-state index is 0.585. The maximum absolute atomic E-state index is 12.5. The molecule has 0 spiro atoms. The van der Waals surface area contributed by atoms with Crippen LogP contribution in [0.15, 0.2) is 41.9 Å². The number of nitrogens with zero attached hydrogens (tertiary/aromatic N) is 2. The van der Waals surface area contributed by atoms with Gasteiger partial charge in [-0.1, -0.05) is 18.2 Å². The van der Waals surface area contributed by atoms with E-state index < -0.39 is 17.7 Å². The van der Waals surface area contributed by atoms with Gasteiger partial charge in [-0.25, -0.2) is 9.78 Å². The fourth-order valence-electron chi connectivity index (χ4n) is 4.28. The molecule has 1 atom stereocenters. The molecule has 0 unspecified atom stereocenters. The molecule has 4 rings (SSSR count). The van der Waals surface area contributed by atoms with Crippen molar-refractivity contribution in [3.8, 4) is 22.4 Å². The fourth-order valence-corrected chi connectivity index (χ4v) is 4.93. The Balaban J connectivity index is 2.05. The molecule has 176 valence electrons. The number of rotatable bonds is 5. The van der Waals surface area contributed by atoms with Crippen molar-refractivity contribution >= 4 is 27.5 Å². The Morgan fingerprint density at radius 1 is 1.00 bits per heavy atom. The lowest BCUT2D eigenvalue weighted by atomic mass is 9.88. The van der Waals surface area contributed by atoms with Crippen molar-refractivity contribution in [2.24, 2.45) is 0 Å². The van der Waals surface area contributed by atoms with Gasteiger partial charge in [0.25, 0.3) is 0 Å². The van der Waals surface area contributed by atoms with Gasteiger partial charge in [-0.15, -0.1) is 11.3 Å². The van der Waals surface area contributed by atoms with Crippen molar-refractivity contribution < 1.29 is 14.6 Å². The van der Waals surface area contributed by atoms with E-state index in [2.05, 4.69) is 37.0 Å². The van der Waals surface area contributed by atoms with Gasteiger partial charge in [0.05, 0.1) is 27.0 Å². The normalized spacial score (nSPS) is 12.8. The van der Waals surface area contributed by atoms with Gasteiger partial charge in [0.1, 0.15) is 0 Å². The van der Waals surface area contributed by atoms with E-state index in [-0.39, 0.29) is 0 Å². The third-order valence-electron chi connectivity index (χ3n) is 6.03. The summed E-state index contributed by atoms with van der Waals surface area (Å²) in [5.74, 6) is -1.03. The molecular formula is C28H30N2O3S. The van der Waals surface area contributed by atoms with Crippen molar-refractivity contribution in [1.82, 2.24) is 9.97 Å². The number of hydrogen-bond donors (Lipinski definition) is 1. The van der Waals surface area contributed by atoms with Crippen LogP contribution in [0.3, 0.4) is 0 Å². The summed E-state index contributed by atoms with van der Waals surface area (Å²) < 4.78 is 7.17. The van der Waals surface area contributed by atoms with Gasteiger partial charge < -0.3 is 9.84 Å². The van der Waals surface area contributed by atoms with Crippen LogP contribution < -0.4 is 0 Å². The number of aromatic nitrogens is 2. The molecule has 0 saturated heterocycles. The molecule has 4 aromatic rings. The lowest BCUT2D eigenvalue weighted by Gasteiger charge is -2.29. The van der Waals surface area contributed by atoms with Crippen LogP contribution in [-0.4, -0.2) is 26.6 Å². The number of fused-ring (bicyclic) bond motifs is 1. The minimum atomic E-state index is -1.15. The van der Waals surface area contributed by atoms with Gasteiger partial charge in [0, 0.05) is 16.8 Å². The Labute approximate surface area is 204 Å². The maximum Gasteiger partial charge on any atom is 0.337 e. The van der Waals surface area contributed by atoms with Crippen LogP contribution in [0.5, 0.6) is 0 Å². The predicted octanol–water partition coefficient (Wildman–Crippen LogP) is 7.20. The van der Waals surface area contributed by atoms with Crippen molar-refractivity contribution in [3.63, 3.8) is 0 Å². The van der Waals surface area contributed by atoms with Crippen molar-refractivity contribution in [2.75, 3.05) is 0 Å². The predicted molar refractivity (Wildman–Crippen MR) is 138 cm³/mol. The molecule has 0 aliphatic rings. The van der Waals surface area contributed by atoms with Crippen LogP contribution in [0, 0.1) is 27.7 Å². The molecule has 0 radical (unpaired) electrons. The van der Waals surface area contributed by atoms with E-state index in [9.17, 15) is 9.90 Å². The number of benzene rings is 2. The third kappa shape index (κ3) is 4.61. The van der Waals surface area contributed by atoms with Crippen LogP contribution >= 0.6 is 11.3 Å². The molecule has 5 nitrogen and oxygen atoms in total. The zero-order valence-electron chi connectivity index (χ0n) is 20.7. The average Bonchev–Trinajstić information content (AvgIpc) is 3.22. The summed E-state index contributed by atoms with van der Waals surface area (Å²) in [4.78, 5) is 21.9. The Bertz CT molecular complexity index is 1400. The summed E-state index contributed by atoms with van der Waals surface area (Å²) in [5, 5.41) is 10.2. The second kappa shape index (κ2) is 8.93. The minimum Gasteiger partial charge on any atom is -0.479 e. The van der Waals surface area contributed by atoms with Crippen LogP contribution in [-0.2, 0) is 9.53 Å². The van der Waals surface area contributed by atoms with E-state index in [0.29, 0.717) is 11.3 Å². The highest BCUT2D eigenvalue weighted by atomic mass is 32.1. The first-order chi connectivity index (χ1) is 16.0. The van der Waals surface area contributed by atoms with E-state index in [4.69, 9.17) is 9.72 Å². The first kappa shape index (κ1) is 24.0. The highest BCUT2D eigenvalue weighted by molar-refractivity contribution is 7.16. The highest BCUT2D eigenvalue weighted by Crippen LogP contribution is 2.41. The highest BCUT2D eigenvalue weighted by Gasteiger charge is 2.33. The summed E-state index contributed by atoms with van der Waals surface area (Å²) in [6, 6.07) is 12.4. The first-order valence-corrected chi connectivity index (χ1v) is 12.2. The summed E-state index contributed by atoms with van der Waals surface area (Å²) in [6.07, 6.45) is -1.15. The number of aliphatic carboxylic acids is 1. The number of carboxylic acids is 1. The number of aryl methyl sites for hydroxylation is 3. The number of carboxylic acid groups (broad SMARTS) is 1. The Morgan fingerprint density at radius 3 is 2.35 bits per heavy atom. The summed E-state index contributed by atoms with van der Waals surface area (Å²) in [6.45, 7) is 13.6. The SMILES string of the molecule is Cc1ccc(-c2nc(C)c([C@H](OC(C)(C)C)C(=O)O)c(-c3ccc4scnc4c3)c2C)cc1C. The molecule has 2 heterocycles. The van der Waals surface area contributed by atoms with E-state index in [1.165, 1.54) is 11.1 Å². The smallest absolute Gasteiger partial charge is 0.337 e. The molecule has 0 aliphatic carbocycles. The van der Waals surface area contributed by atoms with E-state index in [0.717, 1.165) is 38.2 Å². The molecule has 0 fully saturated rings. The Hall–Kier alpha value is -3.09. The summed E-state index contributed by atoms with van der Waals surface area (Å²) in [7, 11) is 0. The molecule has 34 heavy (non-hydrogen) atoms. The quantitative estimate of drug-likeness (QED) is 0.331. The van der Waals surface area contributed by atoms with Crippen molar-refractivity contribution in [3.05, 3.63) is 69.9 Å². The molecule has 1 N–H and O–H groups in total. The van der Waals surface area contributed by atoms with Crippen LogP contribution in [0.2, 0.25) is 0 Å². The largest absolute Gasteiger partial charge is 0.479 e. The standard InChI is InChI=1S/C28H30N2O3S/c1-15-8-9-20(12-16(15)2)25-17(3)23(19-10-11-22-21(13-19)29-14-34-22)24(18(4)30-25)26(27(31)32)33-28(5,6)7/h8-14,26H,1-7H3,(H,31,32)/t26-/m0/s1. The van der Waals surface area contributed by atoms with E-state index >= 15 is 0 Å². The molecule has 6 heteroatoms. The van der Waals surface area contributed by atoms with Crippen molar-refractivity contribution in [1.29, 1.82) is 0 Å². The molecule has 0 saturated carbocycles. The average molecular weight is 475 g/mol. The van der Waals surface area contributed by atoms with Crippen LogP contribution in [0.25, 0.3) is 32.6 Å². The molecule has 0 bridgehead atoms. The van der Waals surface area contributed by atoms with Gasteiger partial charge >= 0.3 is 5.97 Å². The summed E-state index contributed by atoms with van der Waals surface area (Å²) >= 11 is 1.58. The van der Waals surface area contributed by atoms with E-state index in [1.54, 1.807) is 11.3 Å². The lowest BCUT2D eigenvalue weighted by molar-refractivity contribution is -0.160. The molecule has 2 aromatic heterocycles. The fraction of sp³-hybridized carbons (Fsp3) is 0.321. The number of ether oxygens (including phenoxy) is 1. The topological polar surface area (TPSA) is 72.3 Å². The second-order valence-corrected chi connectivity index (χ2v) is 10.6. The Morgan fingerprint density at radius 2 is 1.71 bits per heavy atom. The van der Waals surface area contributed by atoms with Crippen molar-refractivity contribution in [2.45, 2.75) is 60.2 Å². The van der Waals surface area contributed by atoms with Gasteiger partial charge in [0.2, 0.25) is 0 Å². The number of hydrogen-bond acceptors (Lipinski definition) is 5. The number of carbonyl (C=O) groups is 1.